The molecule has 5 rings (SSSR count). The fraction of sp³-hybridized carbons (Fsp3) is 0.545. The van der Waals surface area contributed by atoms with E-state index < -0.39 is 0 Å². The summed E-state index contributed by atoms with van der Waals surface area (Å²) >= 11 is 0. The SMILES string of the molecule is Cc1nc2n(c(=O)c1CCN1CC3CC(c4ccc(F)cc4)C3C1)CCC2. The highest BCUT2D eigenvalue weighted by Crippen LogP contribution is 2.51. The van der Waals surface area contributed by atoms with E-state index >= 15 is 0 Å². The topological polar surface area (TPSA) is 38.1 Å². The molecule has 1 aliphatic carbocycles. The number of nitrogens with zero attached hydrogens (tertiary/aromatic N) is 3. The number of hydrogen-bond acceptors (Lipinski definition) is 3. The van der Waals surface area contributed by atoms with E-state index in [1.165, 1.54) is 12.0 Å². The molecular formula is C22H26FN3O. The molecule has 2 aliphatic heterocycles. The van der Waals surface area contributed by atoms with Crippen LogP contribution in [0.5, 0.6) is 0 Å². The molecule has 0 radical (unpaired) electrons. The van der Waals surface area contributed by atoms with Crippen molar-refractivity contribution in [2.45, 2.75) is 45.1 Å². The Morgan fingerprint density at radius 1 is 1.22 bits per heavy atom. The average Bonchev–Trinajstić information content (AvgIpc) is 3.22. The summed E-state index contributed by atoms with van der Waals surface area (Å²) in [4.78, 5) is 19.9. The zero-order chi connectivity index (χ0) is 18.5. The van der Waals surface area contributed by atoms with Crippen LogP contribution in [-0.4, -0.2) is 34.1 Å². The normalized spacial score (nSPS) is 26.7. The Labute approximate surface area is 159 Å². The van der Waals surface area contributed by atoms with Gasteiger partial charge in [-0.1, -0.05) is 12.1 Å². The third-order valence-electron chi connectivity index (χ3n) is 6.95. The Bertz CT molecular complexity index is 920. The average molecular weight is 367 g/mol. The molecule has 2 aromatic rings. The van der Waals surface area contributed by atoms with Crippen LogP contribution in [0.25, 0.3) is 0 Å². The van der Waals surface area contributed by atoms with Gasteiger partial charge in [0.1, 0.15) is 11.6 Å². The maximum atomic E-state index is 13.2. The Balaban J connectivity index is 1.24. The molecule has 5 heteroatoms. The summed E-state index contributed by atoms with van der Waals surface area (Å²) in [6.45, 7) is 5.95. The van der Waals surface area contributed by atoms with Crippen molar-refractivity contribution in [1.29, 1.82) is 0 Å². The van der Waals surface area contributed by atoms with Crippen LogP contribution in [-0.2, 0) is 19.4 Å². The van der Waals surface area contributed by atoms with Gasteiger partial charge in [-0.15, -0.1) is 0 Å². The van der Waals surface area contributed by atoms with Crippen LogP contribution < -0.4 is 5.56 Å². The van der Waals surface area contributed by atoms with E-state index in [9.17, 15) is 9.18 Å². The lowest BCUT2D eigenvalue weighted by Gasteiger charge is -2.40. The van der Waals surface area contributed by atoms with Gasteiger partial charge >= 0.3 is 0 Å². The van der Waals surface area contributed by atoms with Gasteiger partial charge < -0.3 is 4.90 Å². The fourth-order valence-electron chi connectivity index (χ4n) is 5.41. The van der Waals surface area contributed by atoms with Gasteiger partial charge in [0, 0.05) is 43.9 Å². The first-order valence-electron chi connectivity index (χ1n) is 10.2. The summed E-state index contributed by atoms with van der Waals surface area (Å²) in [5, 5.41) is 0. The molecule has 2 fully saturated rings. The highest BCUT2D eigenvalue weighted by molar-refractivity contribution is 5.26. The Kier molecular flexibility index (Phi) is 4.15. The van der Waals surface area contributed by atoms with E-state index in [-0.39, 0.29) is 11.4 Å². The molecule has 1 saturated heterocycles. The van der Waals surface area contributed by atoms with Crippen molar-refractivity contribution in [3.8, 4) is 0 Å². The minimum absolute atomic E-state index is 0.160. The lowest BCUT2D eigenvalue weighted by molar-refractivity contribution is 0.191. The quantitative estimate of drug-likeness (QED) is 0.834. The number of fused-ring (bicyclic) bond motifs is 2. The lowest BCUT2D eigenvalue weighted by Crippen LogP contribution is -2.33. The maximum Gasteiger partial charge on any atom is 0.256 e. The van der Waals surface area contributed by atoms with Crippen molar-refractivity contribution in [3.05, 3.63) is 63.1 Å². The third kappa shape index (κ3) is 2.92. The molecule has 1 saturated carbocycles. The number of aromatic nitrogens is 2. The van der Waals surface area contributed by atoms with Crippen LogP contribution in [0.3, 0.4) is 0 Å². The second-order valence-electron chi connectivity index (χ2n) is 8.48. The highest BCUT2D eigenvalue weighted by atomic mass is 19.1. The maximum absolute atomic E-state index is 13.2. The summed E-state index contributed by atoms with van der Waals surface area (Å²) in [7, 11) is 0. The molecule has 0 bridgehead atoms. The van der Waals surface area contributed by atoms with Crippen LogP contribution in [0, 0.1) is 24.6 Å². The molecule has 0 N–H and O–H groups in total. The van der Waals surface area contributed by atoms with E-state index in [4.69, 9.17) is 0 Å². The second kappa shape index (κ2) is 6.55. The smallest absolute Gasteiger partial charge is 0.256 e. The fourth-order valence-corrected chi connectivity index (χ4v) is 5.41. The molecule has 142 valence electrons. The molecule has 4 nitrogen and oxygen atoms in total. The number of benzene rings is 1. The molecule has 0 spiro atoms. The molecule has 1 aromatic heterocycles. The van der Waals surface area contributed by atoms with Crippen molar-refractivity contribution in [2.24, 2.45) is 11.8 Å². The van der Waals surface area contributed by atoms with Gasteiger partial charge in [-0.2, -0.15) is 0 Å². The molecule has 1 aromatic carbocycles. The van der Waals surface area contributed by atoms with Crippen LogP contribution in [0.1, 0.15) is 41.4 Å². The first-order chi connectivity index (χ1) is 13.1. The van der Waals surface area contributed by atoms with E-state index in [2.05, 4.69) is 9.88 Å². The van der Waals surface area contributed by atoms with Gasteiger partial charge in [0.05, 0.1) is 0 Å². The molecule has 3 atom stereocenters. The zero-order valence-electron chi connectivity index (χ0n) is 15.8. The second-order valence-corrected chi connectivity index (χ2v) is 8.48. The molecule has 3 heterocycles. The number of halogens is 1. The van der Waals surface area contributed by atoms with Gasteiger partial charge in [-0.05, 0) is 61.6 Å². The lowest BCUT2D eigenvalue weighted by atomic mass is 9.64. The van der Waals surface area contributed by atoms with Crippen molar-refractivity contribution >= 4 is 0 Å². The molecule has 0 amide bonds. The Morgan fingerprint density at radius 2 is 2.04 bits per heavy atom. The van der Waals surface area contributed by atoms with Crippen molar-refractivity contribution in [2.75, 3.05) is 19.6 Å². The summed E-state index contributed by atoms with van der Waals surface area (Å²) in [5.41, 5.74) is 3.27. The molecule has 27 heavy (non-hydrogen) atoms. The minimum Gasteiger partial charge on any atom is -0.302 e. The van der Waals surface area contributed by atoms with Gasteiger partial charge in [-0.25, -0.2) is 9.37 Å². The standard InChI is InChI=1S/C22H26FN3O/c1-14-18(22(27)26-9-2-3-21(26)24-14)8-10-25-12-16-11-19(20(16)13-25)15-4-6-17(23)7-5-15/h4-7,16,19-20H,2-3,8-13H2,1H3. The van der Waals surface area contributed by atoms with E-state index in [0.717, 1.165) is 68.4 Å². The minimum atomic E-state index is -0.160. The monoisotopic (exact) mass is 367 g/mol. The molecular weight excluding hydrogens is 341 g/mol. The molecule has 3 unspecified atom stereocenters. The van der Waals surface area contributed by atoms with Crippen LogP contribution >= 0.6 is 0 Å². The van der Waals surface area contributed by atoms with Crippen LogP contribution in [0.2, 0.25) is 0 Å². The van der Waals surface area contributed by atoms with Gasteiger partial charge in [0.15, 0.2) is 0 Å². The van der Waals surface area contributed by atoms with Gasteiger partial charge in [0.25, 0.3) is 5.56 Å². The summed E-state index contributed by atoms with van der Waals surface area (Å²) in [6, 6.07) is 7.04. The van der Waals surface area contributed by atoms with Gasteiger partial charge in [0.2, 0.25) is 0 Å². The summed E-state index contributed by atoms with van der Waals surface area (Å²) in [5.74, 6) is 2.79. The number of likely N-dealkylation sites (tertiary alicyclic amines) is 1. The number of rotatable bonds is 4. The summed E-state index contributed by atoms with van der Waals surface area (Å²) in [6.07, 6.45) is 3.95. The van der Waals surface area contributed by atoms with Gasteiger partial charge in [-0.3, -0.25) is 9.36 Å². The third-order valence-corrected chi connectivity index (χ3v) is 6.95. The van der Waals surface area contributed by atoms with Crippen molar-refractivity contribution in [1.82, 2.24) is 14.5 Å². The first-order valence-corrected chi connectivity index (χ1v) is 10.2. The van der Waals surface area contributed by atoms with E-state index in [0.29, 0.717) is 11.8 Å². The highest BCUT2D eigenvalue weighted by Gasteiger charge is 2.47. The molecule has 3 aliphatic rings. The number of aryl methyl sites for hydroxylation is 2. The first kappa shape index (κ1) is 17.1. The zero-order valence-corrected chi connectivity index (χ0v) is 15.8. The van der Waals surface area contributed by atoms with Crippen molar-refractivity contribution < 1.29 is 4.39 Å². The Hall–Kier alpha value is -2.01. The van der Waals surface area contributed by atoms with E-state index in [1.807, 2.05) is 23.6 Å². The van der Waals surface area contributed by atoms with Crippen molar-refractivity contribution in [3.63, 3.8) is 0 Å². The Morgan fingerprint density at radius 3 is 2.85 bits per heavy atom. The largest absolute Gasteiger partial charge is 0.302 e. The predicted octanol–water partition coefficient (Wildman–Crippen LogP) is 2.92. The number of hydrogen-bond donors (Lipinski definition) is 0. The van der Waals surface area contributed by atoms with Crippen LogP contribution in [0.15, 0.2) is 29.1 Å². The van der Waals surface area contributed by atoms with E-state index in [1.54, 1.807) is 12.1 Å². The predicted molar refractivity (Wildman–Crippen MR) is 102 cm³/mol. The summed E-state index contributed by atoms with van der Waals surface area (Å²) < 4.78 is 15.0. The van der Waals surface area contributed by atoms with Crippen LogP contribution in [0.4, 0.5) is 4.39 Å².